The van der Waals surface area contributed by atoms with Gasteiger partial charge in [0, 0.05) is 14.9 Å². The highest BCUT2D eigenvalue weighted by Crippen LogP contribution is 2.30. The van der Waals surface area contributed by atoms with E-state index in [4.69, 9.17) is 4.74 Å². The third-order valence-electron chi connectivity index (χ3n) is 4.55. The second-order valence-electron chi connectivity index (χ2n) is 6.78. The zero-order chi connectivity index (χ0) is 22.5. The fourth-order valence-electron chi connectivity index (χ4n) is 3.09. The van der Waals surface area contributed by atoms with E-state index in [1.54, 1.807) is 0 Å². The molecular weight excluding hydrogens is 492 g/mol. The number of rotatable bonds is 7. The number of aromatic nitrogens is 2. The Bertz CT molecular complexity index is 1350. The molecule has 32 heavy (non-hydrogen) atoms. The molecule has 2 aromatic carbocycles. The summed E-state index contributed by atoms with van der Waals surface area (Å²) in [5.74, 6) is 0.224. The average Bonchev–Trinajstić information content (AvgIpc) is 3.23. The van der Waals surface area contributed by atoms with Crippen LogP contribution >= 0.6 is 27.3 Å². The number of nitrogens with zero attached hydrogens (tertiary/aromatic N) is 3. The lowest BCUT2D eigenvalue weighted by molar-refractivity contribution is -0.121. The predicted octanol–water partition coefficient (Wildman–Crippen LogP) is 4.44. The molecule has 0 bridgehead atoms. The van der Waals surface area contributed by atoms with E-state index in [0.29, 0.717) is 28.1 Å². The van der Waals surface area contributed by atoms with Gasteiger partial charge in [-0.15, -0.1) is 11.3 Å². The lowest BCUT2D eigenvalue weighted by atomic mass is 10.2. The molecular formula is C23H19BrN4O3S. The van der Waals surface area contributed by atoms with Crippen LogP contribution in [-0.2, 0) is 11.3 Å². The lowest BCUT2D eigenvalue weighted by Crippen LogP contribution is -2.29. The molecule has 0 atom stereocenters. The number of halogens is 1. The van der Waals surface area contributed by atoms with Gasteiger partial charge in [0.15, 0.2) is 0 Å². The van der Waals surface area contributed by atoms with Gasteiger partial charge in [0.05, 0.1) is 24.5 Å². The maximum Gasteiger partial charge on any atom is 0.262 e. The number of carbonyl (C=O) groups excluding carboxylic acids is 1. The Morgan fingerprint density at radius 1 is 1.25 bits per heavy atom. The van der Waals surface area contributed by atoms with Gasteiger partial charge < -0.3 is 4.74 Å². The van der Waals surface area contributed by atoms with Gasteiger partial charge in [-0.3, -0.25) is 14.2 Å². The van der Waals surface area contributed by atoms with Crippen molar-refractivity contribution in [1.29, 1.82) is 0 Å². The smallest absolute Gasteiger partial charge is 0.262 e. The van der Waals surface area contributed by atoms with Gasteiger partial charge in [0.2, 0.25) is 0 Å². The molecule has 0 spiro atoms. The van der Waals surface area contributed by atoms with Crippen LogP contribution < -0.4 is 15.7 Å². The standard InChI is InChI=1S/C23H19BrN4O3S/c1-2-31-19-9-8-17(24)10-16(19)12-26-27-21(29)13-28-14-25-22-18(23(28)30)11-20(32-22)15-6-4-3-5-7-15/h3-12,14H,2,13H2,1H3,(H,27,29)/b26-12+. The van der Waals surface area contributed by atoms with Crippen molar-refractivity contribution in [3.05, 3.63) is 81.3 Å². The molecule has 2 aromatic heterocycles. The number of ether oxygens (including phenoxy) is 1. The van der Waals surface area contributed by atoms with E-state index in [1.807, 2.05) is 61.5 Å². The third kappa shape index (κ3) is 4.95. The van der Waals surface area contributed by atoms with E-state index in [2.05, 4.69) is 31.4 Å². The molecule has 0 saturated heterocycles. The first-order chi connectivity index (χ1) is 15.5. The van der Waals surface area contributed by atoms with Crippen LogP contribution in [-0.4, -0.2) is 28.3 Å². The average molecular weight is 511 g/mol. The summed E-state index contributed by atoms with van der Waals surface area (Å²) in [6.07, 6.45) is 2.89. The van der Waals surface area contributed by atoms with E-state index >= 15 is 0 Å². The molecule has 7 nitrogen and oxygen atoms in total. The Hall–Kier alpha value is -3.30. The molecule has 162 valence electrons. The summed E-state index contributed by atoms with van der Waals surface area (Å²) in [6.45, 7) is 2.22. The summed E-state index contributed by atoms with van der Waals surface area (Å²) in [5, 5.41) is 4.49. The maximum atomic E-state index is 12.8. The summed E-state index contributed by atoms with van der Waals surface area (Å²) in [7, 11) is 0. The van der Waals surface area contributed by atoms with Crippen LogP contribution in [0.2, 0.25) is 0 Å². The van der Waals surface area contributed by atoms with E-state index in [0.717, 1.165) is 14.9 Å². The van der Waals surface area contributed by atoms with Crippen LogP contribution in [0.15, 0.2) is 75.3 Å². The van der Waals surface area contributed by atoms with Gasteiger partial charge in [0.25, 0.3) is 11.5 Å². The summed E-state index contributed by atoms with van der Waals surface area (Å²) in [4.78, 5) is 31.1. The van der Waals surface area contributed by atoms with Crippen LogP contribution in [0, 0.1) is 0 Å². The third-order valence-corrected chi connectivity index (χ3v) is 6.14. The van der Waals surface area contributed by atoms with Crippen molar-refractivity contribution >= 4 is 49.6 Å². The van der Waals surface area contributed by atoms with Crippen LogP contribution in [0.4, 0.5) is 0 Å². The number of thiophene rings is 1. The van der Waals surface area contributed by atoms with Crippen molar-refractivity contribution in [2.24, 2.45) is 5.10 Å². The lowest BCUT2D eigenvalue weighted by Gasteiger charge is -2.07. The highest BCUT2D eigenvalue weighted by atomic mass is 79.9. The SMILES string of the molecule is CCOc1ccc(Br)cc1/C=N/NC(=O)Cn1cnc2sc(-c3ccccc3)cc2c1=O. The molecule has 0 saturated carbocycles. The van der Waals surface area contributed by atoms with Crippen molar-refractivity contribution in [3.8, 4) is 16.2 Å². The first kappa shape index (κ1) is 21.9. The van der Waals surface area contributed by atoms with Gasteiger partial charge in [-0.25, -0.2) is 10.4 Å². The van der Waals surface area contributed by atoms with Gasteiger partial charge in [0.1, 0.15) is 17.1 Å². The summed E-state index contributed by atoms with van der Waals surface area (Å²) >= 11 is 4.85. The zero-order valence-electron chi connectivity index (χ0n) is 17.1. The fourth-order valence-corrected chi connectivity index (χ4v) is 4.46. The van der Waals surface area contributed by atoms with Gasteiger partial charge in [-0.2, -0.15) is 5.10 Å². The summed E-state index contributed by atoms with van der Waals surface area (Å²) < 4.78 is 7.70. The molecule has 0 unspecified atom stereocenters. The molecule has 0 aliphatic rings. The monoisotopic (exact) mass is 510 g/mol. The van der Waals surface area contributed by atoms with E-state index in [-0.39, 0.29) is 12.1 Å². The van der Waals surface area contributed by atoms with Crippen LogP contribution in [0.1, 0.15) is 12.5 Å². The number of amides is 1. The Kier molecular flexibility index (Phi) is 6.77. The van der Waals surface area contributed by atoms with Crippen LogP contribution in [0.25, 0.3) is 20.7 Å². The molecule has 4 rings (SSSR count). The molecule has 1 N–H and O–H groups in total. The van der Waals surface area contributed by atoms with E-state index < -0.39 is 5.91 Å². The molecule has 0 radical (unpaired) electrons. The van der Waals surface area contributed by atoms with E-state index in [1.165, 1.54) is 28.4 Å². The van der Waals surface area contributed by atoms with Crippen molar-refractivity contribution in [1.82, 2.24) is 15.0 Å². The number of hydrogen-bond acceptors (Lipinski definition) is 6. The highest BCUT2D eigenvalue weighted by molar-refractivity contribution is 9.10. The minimum absolute atomic E-state index is 0.188. The van der Waals surface area contributed by atoms with Crippen molar-refractivity contribution in [2.75, 3.05) is 6.61 Å². The Balaban J connectivity index is 1.48. The van der Waals surface area contributed by atoms with Crippen LogP contribution in [0.3, 0.4) is 0 Å². The van der Waals surface area contributed by atoms with Crippen LogP contribution in [0.5, 0.6) is 5.75 Å². The maximum absolute atomic E-state index is 12.8. The first-order valence-electron chi connectivity index (χ1n) is 9.84. The number of hydrogen-bond donors (Lipinski definition) is 1. The first-order valence-corrected chi connectivity index (χ1v) is 11.4. The molecule has 0 aliphatic carbocycles. The number of carbonyl (C=O) groups is 1. The van der Waals surface area contributed by atoms with Gasteiger partial charge in [-0.1, -0.05) is 46.3 Å². The summed E-state index contributed by atoms with van der Waals surface area (Å²) in [5.41, 5.74) is 3.92. The predicted molar refractivity (Wildman–Crippen MR) is 130 cm³/mol. The molecule has 0 aliphatic heterocycles. The number of benzene rings is 2. The number of nitrogens with one attached hydrogen (secondary N) is 1. The topological polar surface area (TPSA) is 85.6 Å². The van der Waals surface area contributed by atoms with Crippen molar-refractivity contribution in [2.45, 2.75) is 13.5 Å². The minimum Gasteiger partial charge on any atom is -0.493 e. The fraction of sp³-hybridized carbons (Fsp3) is 0.130. The van der Waals surface area contributed by atoms with E-state index in [9.17, 15) is 9.59 Å². The number of fused-ring (bicyclic) bond motifs is 1. The molecule has 0 fully saturated rings. The van der Waals surface area contributed by atoms with Crippen molar-refractivity contribution < 1.29 is 9.53 Å². The van der Waals surface area contributed by atoms with Gasteiger partial charge in [-0.05, 0) is 36.8 Å². The minimum atomic E-state index is -0.434. The Morgan fingerprint density at radius 3 is 2.84 bits per heavy atom. The largest absolute Gasteiger partial charge is 0.493 e. The highest BCUT2D eigenvalue weighted by Gasteiger charge is 2.12. The molecule has 9 heteroatoms. The second-order valence-corrected chi connectivity index (χ2v) is 8.73. The molecule has 1 amide bonds. The number of hydrazone groups is 1. The molecule has 4 aromatic rings. The normalized spacial score (nSPS) is 11.2. The Labute approximate surface area is 196 Å². The van der Waals surface area contributed by atoms with Gasteiger partial charge >= 0.3 is 0 Å². The molecule has 2 heterocycles. The second kappa shape index (κ2) is 9.88. The zero-order valence-corrected chi connectivity index (χ0v) is 19.5. The van der Waals surface area contributed by atoms with Crippen molar-refractivity contribution in [3.63, 3.8) is 0 Å². The Morgan fingerprint density at radius 2 is 2.06 bits per heavy atom. The summed E-state index contributed by atoms with van der Waals surface area (Å²) in [6, 6.07) is 17.1. The quantitative estimate of drug-likeness (QED) is 0.294.